The highest BCUT2D eigenvalue weighted by Gasteiger charge is 2.26. The maximum Gasteiger partial charge on any atom is 0.199 e. The molecule has 138 valence electrons. The van der Waals surface area contributed by atoms with Gasteiger partial charge in [0.05, 0.1) is 23.0 Å². The van der Waals surface area contributed by atoms with Crippen LogP contribution in [0.1, 0.15) is 25.7 Å². The summed E-state index contributed by atoms with van der Waals surface area (Å²) in [5, 5.41) is 0.621. The molecule has 1 unspecified atom stereocenters. The molecule has 26 heavy (non-hydrogen) atoms. The van der Waals surface area contributed by atoms with Gasteiger partial charge in [0.1, 0.15) is 5.75 Å². The van der Waals surface area contributed by atoms with Crippen LogP contribution in [0, 0.1) is 0 Å². The molecular weight excluding hydrogens is 368 g/mol. The molecule has 0 spiro atoms. The normalized spacial score (nSPS) is 19.0. The monoisotopic (exact) mass is 390 g/mol. The molecule has 6 heteroatoms. The number of halogens is 1. The number of benzene rings is 2. The average Bonchev–Trinajstić information content (AvgIpc) is 2.67. The Morgan fingerprint density at radius 2 is 2.08 bits per heavy atom. The Morgan fingerprint density at radius 1 is 1.19 bits per heavy atom. The summed E-state index contributed by atoms with van der Waals surface area (Å²) >= 11 is 8.32. The summed E-state index contributed by atoms with van der Waals surface area (Å²) in [7, 11) is 0. The molecule has 0 aromatic heterocycles. The Kier molecular flexibility index (Phi) is 5.60. The maximum atomic E-state index is 6.57. The Morgan fingerprint density at radius 3 is 2.88 bits per heavy atom. The number of hydrogen-bond donors (Lipinski definition) is 1. The second kappa shape index (κ2) is 8.09. The van der Waals surface area contributed by atoms with E-state index < -0.39 is 0 Å². The number of nitrogens with two attached hydrogens (primary N) is 1. The molecule has 2 aliphatic rings. The SMILES string of the molecule is NCCCN1c2ccccc2Sc2cc(OC3CCCCO3)c(Cl)cc21. The third-order valence-corrected chi connectivity index (χ3v) is 6.07. The minimum atomic E-state index is -0.200. The minimum absolute atomic E-state index is 0.200. The maximum absolute atomic E-state index is 6.57. The van der Waals surface area contributed by atoms with E-state index in [0.717, 1.165) is 49.4 Å². The number of nitrogens with zero attached hydrogens (tertiary/aromatic N) is 1. The van der Waals surface area contributed by atoms with Crippen molar-refractivity contribution in [1.82, 2.24) is 0 Å². The minimum Gasteiger partial charge on any atom is -0.463 e. The van der Waals surface area contributed by atoms with E-state index in [2.05, 4.69) is 29.2 Å². The smallest absolute Gasteiger partial charge is 0.199 e. The van der Waals surface area contributed by atoms with Crippen LogP contribution in [0.25, 0.3) is 0 Å². The Labute approximate surface area is 163 Å². The van der Waals surface area contributed by atoms with E-state index in [9.17, 15) is 0 Å². The van der Waals surface area contributed by atoms with Crippen molar-refractivity contribution in [1.29, 1.82) is 0 Å². The third kappa shape index (κ3) is 3.67. The van der Waals surface area contributed by atoms with Gasteiger partial charge in [-0.3, -0.25) is 0 Å². The van der Waals surface area contributed by atoms with Gasteiger partial charge >= 0.3 is 0 Å². The fourth-order valence-electron chi connectivity index (χ4n) is 3.36. The Hall–Kier alpha value is -1.40. The van der Waals surface area contributed by atoms with Crippen molar-refractivity contribution in [3.63, 3.8) is 0 Å². The molecule has 2 aromatic rings. The number of ether oxygens (including phenoxy) is 2. The van der Waals surface area contributed by atoms with E-state index in [4.69, 9.17) is 26.8 Å². The molecule has 4 rings (SSSR count). The van der Waals surface area contributed by atoms with Crippen LogP contribution in [0.3, 0.4) is 0 Å². The van der Waals surface area contributed by atoms with Gasteiger partial charge in [-0.25, -0.2) is 0 Å². The highest BCUT2D eigenvalue weighted by molar-refractivity contribution is 7.99. The zero-order chi connectivity index (χ0) is 17.9. The summed E-state index contributed by atoms with van der Waals surface area (Å²) in [5.74, 6) is 0.697. The van der Waals surface area contributed by atoms with Gasteiger partial charge in [-0.1, -0.05) is 35.5 Å². The van der Waals surface area contributed by atoms with Gasteiger partial charge in [0.2, 0.25) is 0 Å². The van der Waals surface area contributed by atoms with E-state index in [1.54, 1.807) is 11.8 Å². The number of fused-ring (bicyclic) bond motifs is 2. The van der Waals surface area contributed by atoms with Gasteiger partial charge in [-0.05, 0) is 50.1 Å². The van der Waals surface area contributed by atoms with E-state index in [1.165, 1.54) is 10.6 Å². The molecule has 0 saturated carbocycles. The second-order valence-corrected chi connectivity index (χ2v) is 8.02. The lowest BCUT2D eigenvalue weighted by molar-refractivity contribution is -0.105. The van der Waals surface area contributed by atoms with Gasteiger partial charge in [0.25, 0.3) is 0 Å². The lowest BCUT2D eigenvalue weighted by atomic mass is 10.2. The van der Waals surface area contributed by atoms with Crippen LogP contribution in [0.2, 0.25) is 5.02 Å². The summed E-state index contributed by atoms with van der Waals surface area (Å²) in [6, 6.07) is 12.5. The lowest BCUT2D eigenvalue weighted by Gasteiger charge is -2.33. The summed E-state index contributed by atoms with van der Waals surface area (Å²) in [6.45, 7) is 2.28. The summed E-state index contributed by atoms with van der Waals surface area (Å²) in [4.78, 5) is 4.69. The number of rotatable bonds is 5. The topological polar surface area (TPSA) is 47.7 Å². The summed E-state index contributed by atoms with van der Waals surface area (Å²) < 4.78 is 11.7. The van der Waals surface area contributed by atoms with E-state index in [0.29, 0.717) is 17.3 Å². The summed E-state index contributed by atoms with van der Waals surface area (Å²) in [6.07, 6.45) is 3.85. The molecule has 2 aliphatic heterocycles. The molecule has 2 aromatic carbocycles. The van der Waals surface area contributed by atoms with Crippen LogP contribution < -0.4 is 15.4 Å². The molecule has 0 aliphatic carbocycles. The van der Waals surface area contributed by atoms with Crippen LogP contribution in [0.4, 0.5) is 11.4 Å². The van der Waals surface area contributed by atoms with Crippen LogP contribution >= 0.6 is 23.4 Å². The van der Waals surface area contributed by atoms with Crippen molar-refractivity contribution in [2.24, 2.45) is 5.73 Å². The van der Waals surface area contributed by atoms with Crippen molar-refractivity contribution in [2.75, 3.05) is 24.6 Å². The van der Waals surface area contributed by atoms with Crippen LogP contribution in [0.15, 0.2) is 46.2 Å². The van der Waals surface area contributed by atoms with E-state index in [1.807, 2.05) is 12.1 Å². The number of hydrogen-bond acceptors (Lipinski definition) is 5. The molecule has 0 bridgehead atoms. The van der Waals surface area contributed by atoms with Crippen molar-refractivity contribution >= 4 is 34.7 Å². The highest BCUT2D eigenvalue weighted by Crippen LogP contribution is 2.50. The molecule has 2 heterocycles. The molecule has 2 N–H and O–H groups in total. The fourth-order valence-corrected chi connectivity index (χ4v) is 4.67. The highest BCUT2D eigenvalue weighted by atomic mass is 35.5. The Balaban J connectivity index is 1.66. The predicted molar refractivity (Wildman–Crippen MR) is 107 cm³/mol. The third-order valence-electron chi connectivity index (χ3n) is 4.66. The zero-order valence-corrected chi connectivity index (χ0v) is 16.2. The molecule has 1 atom stereocenters. The number of para-hydroxylation sites is 1. The molecule has 1 saturated heterocycles. The standard InChI is InChI=1S/C20H23ClN2O2S/c21-14-12-16-19(13-17(14)25-20-8-3-4-11-24-20)26-18-7-2-1-6-15(18)23(16)10-5-9-22/h1-2,6-7,12-13,20H,3-5,8-11,22H2. The van der Waals surface area contributed by atoms with Gasteiger partial charge in [0.15, 0.2) is 6.29 Å². The van der Waals surface area contributed by atoms with Crippen molar-refractivity contribution in [3.8, 4) is 5.75 Å². The zero-order valence-electron chi connectivity index (χ0n) is 14.6. The first-order valence-electron chi connectivity index (χ1n) is 9.12. The quantitative estimate of drug-likeness (QED) is 0.760. The summed E-state index contributed by atoms with van der Waals surface area (Å²) in [5.41, 5.74) is 8.07. The van der Waals surface area contributed by atoms with Crippen molar-refractivity contribution in [2.45, 2.75) is 41.8 Å². The Bertz CT molecular complexity index is 780. The molecule has 1 fully saturated rings. The van der Waals surface area contributed by atoms with Gasteiger partial charge in [0, 0.05) is 22.8 Å². The van der Waals surface area contributed by atoms with Crippen molar-refractivity contribution < 1.29 is 9.47 Å². The average molecular weight is 391 g/mol. The molecular formula is C20H23ClN2O2S. The van der Waals surface area contributed by atoms with Gasteiger partial charge in [-0.2, -0.15) is 0 Å². The van der Waals surface area contributed by atoms with Crippen molar-refractivity contribution in [3.05, 3.63) is 41.4 Å². The van der Waals surface area contributed by atoms with E-state index in [-0.39, 0.29) is 6.29 Å². The molecule has 4 nitrogen and oxygen atoms in total. The van der Waals surface area contributed by atoms with Gasteiger partial charge < -0.3 is 20.1 Å². The largest absolute Gasteiger partial charge is 0.463 e. The van der Waals surface area contributed by atoms with Crippen LogP contribution in [-0.2, 0) is 4.74 Å². The lowest BCUT2D eigenvalue weighted by Crippen LogP contribution is -2.26. The number of anilines is 2. The molecule has 0 amide bonds. The first-order valence-corrected chi connectivity index (χ1v) is 10.3. The van der Waals surface area contributed by atoms with Crippen LogP contribution in [-0.4, -0.2) is 26.0 Å². The van der Waals surface area contributed by atoms with Crippen LogP contribution in [0.5, 0.6) is 5.75 Å². The van der Waals surface area contributed by atoms with E-state index >= 15 is 0 Å². The van der Waals surface area contributed by atoms with Gasteiger partial charge in [-0.15, -0.1) is 0 Å². The fraction of sp³-hybridized carbons (Fsp3) is 0.400. The second-order valence-electron chi connectivity index (χ2n) is 6.53. The first kappa shape index (κ1) is 18.0. The first-order chi connectivity index (χ1) is 12.8. The molecule has 0 radical (unpaired) electrons. The predicted octanol–water partition coefficient (Wildman–Crippen LogP) is 5.20.